The number of rotatable bonds is 10. The van der Waals surface area contributed by atoms with Gasteiger partial charge in [0.15, 0.2) is 0 Å². The molecule has 0 radical (unpaired) electrons. The van der Waals surface area contributed by atoms with Crippen LogP contribution >= 0.6 is 0 Å². The largest absolute Gasteiger partial charge is 0.481 e. The smallest absolute Gasteiger partial charge is 0.326 e. The fourth-order valence-electron chi connectivity index (χ4n) is 2.86. The molecule has 0 fully saturated rings. The normalized spacial score (nSPS) is 15.0. The van der Waals surface area contributed by atoms with Crippen molar-refractivity contribution in [2.24, 2.45) is 5.73 Å². The second kappa shape index (κ2) is 9.85. The van der Waals surface area contributed by atoms with Gasteiger partial charge in [0.05, 0.1) is 12.5 Å². The molecule has 30 heavy (non-hydrogen) atoms. The lowest BCUT2D eigenvalue weighted by Gasteiger charge is -2.22. The molecule has 1 heterocycles. The molecule has 162 valence electrons. The average Bonchev–Trinajstić information content (AvgIpc) is 3.08. The van der Waals surface area contributed by atoms with E-state index in [-0.39, 0.29) is 6.42 Å². The summed E-state index contributed by atoms with van der Waals surface area (Å²) in [5.74, 6) is -4.63. The molecule has 0 aliphatic heterocycles. The Morgan fingerprint density at radius 2 is 1.70 bits per heavy atom. The minimum Gasteiger partial charge on any atom is -0.481 e. The van der Waals surface area contributed by atoms with E-state index in [9.17, 15) is 29.4 Å². The van der Waals surface area contributed by atoms with Crippen molar-refractivity contribution in [2.45, 2.75) is 44.0 Å². The van der Waals surface area contributed by atoms with Crippen LogP contribution in [-0.4, -0.2) is 68.3 Å². The molecule has 11 heteroatoms. The van der Waals surface area contributed by atoms with Gasteiger partial charge in [0.1, 0.15) is 18.1 Å². The monoisotopic (exact) mass is 420 g/mol. The highest BCUT2D eigenvalue weighted by molar-refractivity contribution is 5.94. The molecule has 2 rings (SSSR count). The molecule has 0 saturated heterocycles. The first-order valence-corrected chi connectivity index (χ1v) is 9.14. The van der Waals surface area contributed by atoms with Gasteiger partial charge in [-0.25, -0.2) is 4.79 Å². The molecule has 8 N–H and O–H groups in total. The van der Waals surface area contributed by atoms with E-state index in [1.807, 2.05) is 12.1 Å². The maximum absolute atomic E-state index is 12.5. The summed E-state index contributed by atoms with van der Waals surface area (Å²) in [5, 5.41) is 33.1. The number of carboxylic acids is 2. The van der Waals surface area contributed by atoms with Gasteiger partial charge in [0, 0.05) is 23.5 Å². The molecule has 11 nitrogen and oxygen atoms in total. The molecule has 0 spiro atoms. The van der Waals surface area contributed by atoms with E-state index < -0.39 is 54.4 Å². The SMILES string of the molecule is C[C@@H](O)[C@H](N)C(=O)N[C@@H](CC(=O)O)C(=O)N[C@@H](Cc1c[nH]c2ccccc12)C(=O)O. The zero-order chi connectivity index (χ0) is 22.4. The van der Waals surface area contributed by atoms with Crippen molar-refractivity contribution in [1.82, 2.24) is 15.6 Å². The van der Waals surface area contributed by atoms with Gasteiger partial charge in [-0.3, -0.25) is 14.4 Å². The first kappa shape index (κ1) is 22.8. The lowest BCUT2D eigenvalue weighted by Crippen LogP contribution is -2.57. The van der Waals surface area contributed by atoms with Crippen LogP contribution in [0.3, 0.4) is 0 Å². The highest BCUT2D eigenvalue weighted by Gasteiger charge is 2.31. The molecule has 2 amide bonds. The number of aliphatic hydroxyl groups is 1. The fraction of sp³-hybridized carbons (Fsp3) is 0.368. The molecule has 0 bridgehead atoms. The molecule has 4 atom stereocenters. The van der Waals surface area contributed by atoms with Gasteiger partial charge in [-0.2, -0.15) is 0 Å². The van der Waals surface area contributed by atoms with Crippen molar-refractivity contribution >= 4 is 34.7 Å². The summed E-state index contributed by atoms with van der Waals surface area (Å²) >= 11 is 0. The summed E-state index contributed by atoms with van der Waals surface area (Å²) in [5.41, 5.74) is 6.94. The number of H-pyrrole nitrogens is 1. The minimum atomic E-state index is -1.57. The van der Waals surface area contributed by atoms with Crippen LogP contribution < -0.4 is 16.4 Å². The molecule has 0 aliphatic rings. The predicted molar refractivity (Wildman–Crippen MR) is 105 cm³/mol. The summed E-state index contributed by atoms with van der Waals surface area (Å²) in [7, 11) is 0. The Hall–Kier alpha value is -3.44. The van der Waals surface area contributed by atoms with Crippen LogP contribution in [0.2, 0.25) is 0 Å². The second-order valence-corrected chi connectivity index (χ2v) is 6.89. The summed E-state index contributed by atoms with van der Waals surface area (Å²) < 4.78 is 0. The third kappa shape index (κ3) is 5.78. The van der Waals surface area contributed by atoms with Crippen molar-refractivity contribution in [3.05, 3.63) is 36.0 Å². The van der Waals surface area contributed by atoms with Crippen molar-refractivity contribution in [3.8, 4) is 0 Å². The molecule has 0 unspecified atom stereocenters. The number of carbonyl (C=O) groups is 4. The van der Waals surface area contributed by atoms with Crippen LogP contribution in [0.4, 0.5) is 0 Å². The maximum Gasteiger partial charge on any atom is 0.326 e. The van der Waals surface area contributed by atoms with Crippen LogP contribution in [0.1, 0.15) is 18.9 Å². The number of nitrogens with two attached hydrogens (primary N) is 1. The third-order valence-corrected chi connectivity index (χ3v) is 4.55. The predicted octanol–water partition coefficient (Wildman–Crippen LogP) is -1.05. The number of aliphatic hydroxyl groups excluding tert-OH is 1. The Kier molecular flexibility index (Phi) is 7.50. The number of hydrogen-bond donors (Lipinski definition) is 7. The van der Waals surface area contributed by atoms with E-state index in [0.29, 0.717) is 5.56 Å². The summed E-state index contributed by atoms with van der Waals surface area (Å²) in [6.45, 7) is 1.26. The Morgan fingerprint density at radius 3 is 2.30 bits per heavy atom. The van der Waals surface area contributed by atoms with Crippen molar-refractivity contribution in [3.63, 3.8) is 0 Å². The molecule has 0 aliphatic carbocycles. The van der Waals surface area contributed by atoms with Gasteiger partial charge < -0.3 is 36.7 Å². The van der Waals surface area contributed by atoms with E-state index >= 15 is 0 Å². The second-order valence-electron chi connectivity index (χ2n) is 6.89. The number of aromatic amines is 1. The first-order valence-electron chi connectivity index (χ1n) is 9.14. The number of fused-ring (bicyclic) bond motifs is 1. The minimum absolute atomic E-state index is 0.0635. The van der Waals surface area contributed by atoms with Crippen LogP contribution in [0, 0.1) is 0 Å². The zero-order valence-corrected chi connectivity index (χ0v) is 16.2. The number of aliphatic carboxylic acids is 2. The summed E-state index contributed by atoms with van der Waals surface area (Å²) in [6.07, 6.45) is -0.451. The van der Waals surface area contributed by atoms with Gasteiger partial charge in [0.2, 0.25) is 11.8 Å². The zero-order valence-electron chi connectivity index (χ0n) is 16.2. The Bertz CT molecular complexity index is 940. The van der Waals surface area contributed by atoms with Gasteiger partial charge in [-0.1, -0.05) is 18.2 Å². The topological polar surface area (TPSA) is 195 Å². The van der Waals surface area contributed by atoms with E-state index in [1.54, 1.807) is 18.3 Å². The highest BCUT2D eigenvalue weighted by Crippen LogP contribution is 2.19. The number of para-hydroxylation sites is 1. The third-order valence-electron chi connectivity index (χ3n) is 4.55. The van der Waals surface area contributed by atoms with E-state index in [4.69, 9.17) is 10.8 Å². The number of benzene rings is 1. The quantitative estimate of drug-likeness (QED) is 0.253. The van der Waals surface area contributed by atoms with E-state index in [0.717, 1.165) is 10.9 Å². The molecular formula is C19H24N4O7. The number of nitrogens with one attached hydrogen (secondary N) is 3. The van der Waals surface area contributed by atoms with Crippen LogP contribution in [0.25, 0.3) is 10.9 Å². The molecule has 0 saturated carbocycles. The van der Waals surface area contributed by atoms with Crippen molar-refractivity contribution < 1.29 is 34.5 Å². The summed E-state index contributed by atoms with van der Waals surface area (Å²) in [4.78, 5) is 50.3. The number of carbonyl (C=O) groups excluding carboxylic acids is 2. The molecule has 2 aromatic rings. The fourth-order valence-corrected chi connectivity index (χ4v) is 2.86. The van der Waals surface area contributed by atoms with Crippen LogP contribution in [0.5, 0.6) is 0 Å². The maximum atomic E-state index is 12.5. The van der Waals surface area contributed by atoms with Crippen LogP contribution in [-0.2, 0) is 25.6 Å². The molecule has 1 aromatic carbocycles. The van der Waals surface area contributed by atoms with E-state index in [1.165, 1.54) is 6.92 Å². The molecule has 1 aromatic heterocycles. The van der Waals surface area contributed by atoms with Gasteiger partial charge in [0.25, 0.3) is 0 Å². The van der Waals surface area contributed by atoms with E-state index in [2.05, 4.69) is 15.6 Å². The van der Waals surface area contributed by atoms with Crippen LogP contribution in [0.15, 0.2) is 30.5 Å². The number of carboxylic acid groups (broad SMARTS) is 2. The molecular weight excluding hydrogens is 396 g/mol. The Labute approximate surface area is 171 Å². The number of hydrogen-bond acceptors (Lipinski definition) is 6. The average molecular weight is 420 g/mol. The lowest BCUT2D eigenvalue weighted by molar-refractivity contribution is -0.143. The Morgan fingerprint density at radius 1 is 1.07 bits per heavy atom. The highest BCUT2D eigenvalue weighted by atomic mass is 16.4. The lowest BCUT2D eigenvalue weighted by atomic mass is 10.0. The van der Waals surface area contributed by atoms with Crippen molar-refractivity contribution in [2.75, 3.05) is 0 Å². The van der Waals surface area contributed by atoms with Gasteiger partial charge in [-0.15, -0.1) is 0 Å². The Balaban J connectivity index is 2.16. The van der Waals surface area contributed by atoms with Gasteiger partial charge >= 0.3 is 11.9 Å². The first-order chi connectivity index (χ1) is 14.1. The summed E-state index contributed by atoms with van der Waals surface area (Å²) in [6, 6.07) is 2.91. The standard InChI is InChI=1S/C19H24N4O7/c1-9(24)16(20)18(28)22-13(7-15(25)26)17(27)23-14(19(29)30)6-10-8-21-12-5-3-2-4-11(10)12/h2-5,8-9,13-14,16,21,24H,6-7,20H2,1H3,(H,22,28)(H,23,27)(H,25,26)(H,29,30)/t9-,13+,14+,16+/m1/s1. The van der Waals surface area contributed by atoms with Crippen molar-refractivity contribution in [1.29, 1.82) is 0 Å². The number of aromatic nitrogens is 1. The number of amides is 2. The van der Waals surface area contributed by atoms with Gasteiger partial charge in [-0.05, 0) is 18.6 Å².